The van der Waals surface area contributed by atoms with Gasteiger partial charge in [-0.2, -0.15) is 11.3 Å². The number of thiophene rings is 1. The first-order valence-corrected chi connectivity index (χ1v) is 11.4. The third-order valence-corrected chi connectivity index (χ3v) is 7.70. The lowest BCUT2D eigenvalue weighted by Gasteiger charge is -2.39. The minimum Gasteiger partial charge on any atom is -0.342 e. The molecule has 2 amide bonds. The zero-order chi connectivity index (χ0) is 19.8. The molecule has 3 aliphatic rings. The molecule has 2 aliphatic heterocycles. The number of benzene rings is 1. The summed E-state index contributed by atoms with van der Waals surface area (Å²) >= 11 is 1.64. The molecule has 0 bridgehead atoms. The number of hydrogen-bond donors (Lipinski definition) is 0. The first-order valence-electron chi connectivity index (χ1n) is 10.5. The maximum absolute atomic E-state index is 13.0. The number of carbonyl (C=O) groups is 2. The van der Waals surface area contributed by atoms with Crippen molar-refractivity contribution in [3.8, 4) is 0 Å². The van der Waals surface area contributed by atoms with Crippen LogP contribution in [0.15, 0.2) is 47.2 Å². The standard InChI is InChI=1S/C24H26N2O2S/c27-22(6-5-18-7-14-29-16-18)25-11-8-24(9-12-25)10-13-26(17-24)23(28)21-15-19-3-1-2-4-20(19)21/h1-7,14,16,21H,8-13,15,17H2/b6-5+. The number of fused-ring (bicyclic) bond motifs is 1. The van der Waals surface area contributed by atoms with Gasteiger partial charge in [0.1, 0.15) is 0 Å². The summed E-state index contributed by atoms with van der Waals surface area (Å²) in [6.45, 7) is 3.31. The Morgan fingerprint density at radius 2 is 1.79 bits per heavy atom. The molecule has 2 fully saturated rings. The number of nitrogens with zero attached hydrogens (tertiary/aromatic N) is 2. The van der Waals surface area contributed by atoms with Crippen LogP contribution in [0, 0.1) is 5.41 Å². The smallest absolute Gasteiger partial charge is 0.246 e. The molecule has 5 rings (SSSR count). The topological polar surface area (TPSA) is 40.6 Å². The van der Waals surface area contributed by atoms with Crippen molar-refractivity contribution in [2.75, 3.05) is 26.2 Å². The molecular weight excluding hydrogens is 380 g/mol. The second-order valence-electron chi connectivity index (χ2n) is 8.68. The first-order chi connectivity index (χ1) is 14.1. The lowest BCUT2D eigenvalue weighted by Crippen LogP contribution is -2.45. The minimum absolute atomic E-state index is 0.0604. The molecule has 1 atom stereocenters. The lowest BCUT2D eigenvalue weighted by atomic mass is 9.76. The highest BCUT2D eigenvalue weighted by Crippen LogP contribution is 2.43. The molecule has 2 aromatic rings. The highest BCUT2D eigenvalue weighted by Gasteiger charge is 2.45. The van der Waals surface area contributed by atoms with Crippen molar-refractivity contribution in [1.29, 1.82) is 0 Å². The third kappa shape index (κ3) is 3.52. The summed E-state index contributed by atoms with van der Waals surface area (Å²) in [5.41, 5.74) is 3.82. The van der Waals surface area contributed by atoms with E-state index in [2.05, 4.69) is 23.1 Å². The fourth-order valence-corrected chi connectivity index (χ4v) is 5.70. The predicted molar refractivity (Wildman–Crippen MR) is 116 cm³/mol. The second kappa shape index (κ2) is 7.45. The van der Waals surface area contributed by atoms with E-state index in [0.717, 1.165) is 57.4 Å². The van der Waals surface area contributed by atoms with Gasteiger partial charge in [-0.1, -0.05) is 24.3 Å². The van der Waals surface area contributed by atoms with Gasteiger partial charge in [-0.25, -0.2) is 0 Å². The van der Waals surface area contributed by atoms with Gasteiger partial charge in [-0.3, -0.25) is 9.59 Å². The summed E-state index contributed by atoms with van der Waals surface area (Å²) in [5, 5.41) is 4.06. The number of piperidine rings is 1. The Labute approximate surface area is 175 Å². The van der Waals surface area contributed by atoms with Crippen molar-refractivity contribution < 1.29 is 9.59 Å². The van der Waals surface area contributed by atoms with Crippen molar-refractivity contribution in [2.24, 2.45) is 5.41 Å². The van der Waals surface area contributed by atoms with E-state index in [1.54, 1.807) is 17.4 Å². The summed E-state index contributed by atoms with van der Waals surface area (Å²) < 4.78 is 0. The van der Waals surface area contributed by atoms with Crippen LogP contribution in [-0.4, -0.2) is 47.8 Å². The van der Waals surface area contributed by atoms with E-state index in [4.69, 9.17) is 0 Å². The van der Waals surface area contributed by atoms with Gasteiger partial charge in [-0.05, 0) is 70.7 Å². The SMILES string of the molecule is O=C(/C=C/c1ccsc1)N1CCC2(CC1)CCN(C(=O)C1Cc3ccccc31)C2. The van der Waals surface area contributed by atoms with Crippen molar-refractivity contribution in [1.82, 2.24) is 9.80 Å². The van der Waals surface area contributed by atoms with Crippen LogP contribution in [0.25, 0.3) is 6.08 Å². The van der Waals surface area contributed by atoms with Crippen molar-refractivity contribution >= 4 is 29.2 Å². The zero-order valence-corrected chi connectivity index (χ0v) is 17.4. The Morgan fingerprint density at radius 3 is 2.52 bits per heavy atom. The van der Waals surface area contributed by atoms with E-state index < -0.39 is 0 Å². The Bertz CT molecular complexity index is 942. The molecule has 2 saturated heterocycles. The predicted octanol–water partition coefficient (Wildman–Crippen LogP) is 3.94. The van der Waals surface area contributed by atoms with Crippen LogP contribution >= 0.6 is 11.3 Å². The molecule has 1 aliphatic carbocycles. The summed E-state index contributed by atoms with van der Waals surface area (Å²) in [7, 11) is 0. The second-order valence-corrected chi connectivity index (χ2v) is 9.46. The van der Waals surface area contributed by atoms with Crippen LogP contribution in [0.4, 0.5) is 0 Å². The minimum atomic E-state index is 0.0604. The fraction of sp³-hybridized carbons (Fsp3) is 0.417. The average molecular weight is 407 g/mol. The first kappa shape index (κ1) is 18.6. The maximum Gasteiger partial charge on any atom is 0.246 e. The van der Waals surface area contributed by atoms with Gasteiger partial charge >= 0.3 is 0 Å². The van der Waals surface area contributed by atoms with Gasteiger partial charge in [-0.15, -0.1) is 0 Å². The zero-order valence-electron chi connectivity index (χ0n) is 16.5. The Balaban J connectivity index is 1.16. The molecule has 4 nitrogen and oxygen atoms in total. The molecule has 150 valence electrons. The monoisotopic (exact) mass is 406 g/mol. The van der Waals surface area contributed by atoms with Gasteiger partial charge in [0.05, 0.1) is 5.92 Å². The quantitative estimate of drug-likeness (QED) is 0.725. The largest absolute Gasteiger partial charge is 0.342 e. The van der Waals surface area contributed by atoms with Crippen LogP contribution in [-0.2, 0) is 16.0 Å². The normalized spacial score (nSPS) is 22.7. The summed E-state index contributed by atoms with van der Waals surface area (Å²) in [4.78, 5) is 29.6. The molecule has 1 spiro atoms. The molecular formula is C24H26N2O2S. The van der Waals surface area contributed by atoms with Crippen molar-refractivity contribution in [3.63, 3.8) is 0 Å². The maximum atomic E-state index is 13.0. The van der Waals surface area contributed by atoms with Gasteiger partial charge in [0.25, 0.3) is 0 Å². The van der Waals surface area contributed by atoms with Gasteiger partial charge in [0.15, 0.2) is 0 Å². The van der Waals surface area contributed by atoms with Gasteiger partial charge < -0.3 is 9.80 Å². The van der Waals surface area contributed by atoms with Gasteiger partial charge in [0.2, 0.25) is 11.8 Å². The number of rotatable bonds is 3. The third-order valence-electron chi connectivity index (χ3n) is 7.00. The Hall–Kier alpha value is -2.40. The molecule has 1 aromatic heterocycles. The lowest BCUT2D eigenvalue weighted by molar-refractivity contribution is -0.133. The van der Waals surface area contributed by atoms with Crippen LogP contribution in [0.2, 0.25) is 0 Å². The molecule has 1 aromatic carbocycles. The summed E-state index contributed by atoms with van der Waals surface area (Å²) in [6.07, 6.45) is 7.54. The van der Waals surface area contributed by atoms with Crippen LogP contribution in [0.5, 0.6) is 0 Å². The Morgan fingerprint density at radius 1 is 1.03 bits per heavy atom. The van der Waals surface area contributed by atoms with Gasteiger partial charge in [0, 0.05) is 32.3 Å². The van der Waals surface area contributed by atoms with E-state index in [0.29, 0.717) is 5.91 Å². The van der Waals surface area contributed by atoms with Crippen LogP contribution in [0.3, 0.4) is 0 Å². The summed E-state index contributed by atoms with van der Waals surface area (Å²) in [5.74, 6) is 0.464. The summed E-state index contributed by atoms with van der Waals surface area (Å²) in [6, 6.07) is 10.3. The van der Waals surface area contributed by atoms with E-state index in [1.165, 1.54) is 11.1 Å². The molecule has 5 heteroatoms. The average Bonchev–Trinajstić information content (AvgIpc) is 3.38. The molecule has 0 radical (unpaired) electrons. The Kier molecular flexibility index (Phi) is 4.78. The van der Waals surface area contributed by atoms with E-state index in [-0.39, 0.29) is 17.2 Å². The molecule has 29 heavy (non-hydrogen) atoms. The number of amides is 2. The van der Waals surface area contributed by atoms with E-state index in [9.17, 15) is 9.59 Å². The highest BCUT2D eigenvalue weighted by atomic mass is 32.1. The molecule has 0 saturated carbocycles. The molecule has 1 unspecified atom stereocenters. The van der Waals surface area contributed by atoms with Crippen LogP contribution in [0.1, 0.15) is 41.9 Å². The van der Waals surface area contributed by atoms with Crippen LogP contribution < -0.4 is 0 Å². The van der Waals surface area contributed by atoms with Crippen molar-refractivity contribution in [3.05, 3.63) is 63.9 Å². The molecule has 3 heterocycles. The number of hydrogen-bond acceptors (Lipinski definition) is 3. The van der Waals surface area contributed by atoms with Crippen molar-refractivity contribution in [2.45, 2.75) is 31.6 Å². The fourth-order valence-electron chi connectivity index (χ4n) is 5.08. The number of likely N-dealkylation sites (tertiary alicyclic amines) is 2. The molecule has 0 N–H and O–H groups in total. The highest BCUT2D eigenvalue weighted by molar-refractivity contribution is 7.08. The van der Waals surface area contributed by atoms with E-state index >= 15 is 0 Å². The number of carbonyl (C=O) groups excluding carboxylic acids is 2. The van der Waals surface area contributed by atoms with E-state index in [1.807, 2.05) is 33.9 Å².